The molecule has 1 atom stereocenters. The van der Waals surface area contributed by atoms with Crippen LogP contribution in [0.1, 0.15) is 58.5 Å². The number of anilines is 2. The van der Waals surface area contributed by atoms with Gasteiger partial charge in [0.1, 0.15) is 5.70 Å². The number of para-hydroxylation sites is 1. The van der Waals surface area contributed by atoms with Crippen molar-refractivity contribution in [3.8, 4) is 0 Å². The predicted octanol–water partition coefficient (Wildman–Crippen LogP) is 7.13. The fourth-order valence-electron chi connectivity index (χ4n) is 4.30. The van der Waals surface area contributed by atoms with Crippen LogP contribution in [0.4, 0.5) is 11.4 Å². The zero-order valence-electron chi connectivity index (χ0n) is 25.5. The first kappa shape index (κ1) is 32.8. The van der Waals surface area contributed by atoms with Crippen LogP contribution in [0.3, 0.4) is 0 Å². The van der Waals surface area contributed by atoms with Crippen LogP contribution in [0, 0.1) is 0 Å². The third-order valence-corrected chi connectivity index (χ3v) is 7.90. The molecular formula is C36H35N3O5S. The molecule has 0 aliphatic rings. The summed E-state index contributed by atoms with van der Waals surface area (Å²) in [6.45, 7) is 5.96. The minimum absolute atomic E-state index is 0.0798. The Morgan fingerprint density at radius 2 is 1.47 bits per heavy atom. The van der Waals surface area contributed by atoms with Crippen LogP contribution in [-0.2, 0) is 14.3 Å². The van der Waals surface area contributed by atoms with Crippen LogP contribution < -0.4 is 16.0 Å². The van der Waals surface area contributed by atoms with Crippen LogP contribution in [-0.4, -0.2) is 36.1 Å². The maximum Gasteiger partial charge on any atom is 0.339 e. The van der Waals surface area contributed by atoms with Crippen molar-refractivity contribution in [1.29, 1.82) is 0 Å². The zero-order chi connectivity index (χ0) is 32.3. The highest BCUT2D eigenvalue weighted by Crippen LogP contribution is 2.27. The molecule has 3 amide bonds. The molecule has 45 heavy (non-hydrogen) atoms. The normalized spacial score (nSPS) is 11.8. The van der Waals surface area contributed by atoms with Gasteiger partial charge in [0, 0.05) is 16.1 Å². The Kier molecular flexibility index (Phi) is 11.3. The van der Waals surface area contributed by atoms with Crippen LogP contribution in [0.5, 0.6) is 0 Å². The van der Waals surface area contributed by atoms with Gasteiger partial charge in [-0.25, -0.2) is 4.79 Å². The maximum atomic E-state index is 13.5. The molecule has 1 unspecified atom stereocenters. The highest BCUT2D eigenvalue weighted by atomic mass is 32.2. The summed E-state index contributed by atoms with van der Waals surface area (Å²) in [6.07, 6.45) is 1.64. The van der Waals surface area contributed by atoms with Gasteiger partial charge in [0.15, 0.2) is 0 Å². The second-order valence-electron chi connectivity index (χ2n) is 10.5. The van der Waals surface area contributed by atoms with E-state index in [4.69, 9.17) is 4.74 Å². The Hall–Kier alpha value is -5.15. The van der Waals surface area contributed by atoms with Gasteiger partial charge in [0.05, 0.1) is 23.6 Å². The number of rotatable bonds is 11. The number of hydrogen-bond donors (Lipinski definition) is 3. The summed E-state index contributed by atoms with van der Waals surface area (Å²) in [5.74, 6) is -1.40. The third kappa shape index (κ3) is 9.17. The molecule has 0 saturated heterocycles. The van der Waals surface area contributed by atoms with Crippen molar-refractivity contribution in [2.45, 2.75) is 36.8 Å². The number of ether oxygens (including phenoxy) is 1. The Morgan fingerprint density at radius 3 is 2.16 bits per heavy atom. The van der Waals surface area contributed by atoms with Gasteiger partial charge < -0.3 is 20.7 Å². The van der Waals surface area contributed by atoms with Crippen LogP contribution in [0.15, 0.2) is 114 Å². The Bertz CT molecular complexity index is 1700. The molecule has 0 aliphatic carbocycles. The molecule has 0 radical (unpaired) electrons. The molecule has 0 fully saturated rings. The van der Waals surface area contributed by atoms with Gasteiger partial charge in [-0.3, -0.25) is 14.4 Å². The van der Waals surface area contributed by atoms with Gasteiger partial charge in [0.25, 0.3) is 11.8 Å². The lowest BCUT2D eigenvalue weighted by molar-refractivity contribution is -0.115. The SMILES string of the molecule is COC(=O)c1ccccc1NC(=O)C(C)Sc1cccc(NC(=O)/C(=C\c2ccc(C(C)C)cc2)NC(=O)c2ccccc2)c1. The fraction of sp³-hybridized carbons (Fsp3) is 0.167. The van der Waals surface area contributed by atoms with Gasteiger partial charge in [-0.05, 0) is 72.5 Å². The highest BCUT2D eigenvalue weighted by Gasteiger charge is 2.19. The smallest absolute Gasteiger partial charge is 0.339 e. The van der Waals surface area contributed by atoms with Crippen molar-refractivity contribution in [3.05, 3.63) is 131 Å². The van der Waals surface area contributed by atoms with Gasteiger partial charge in [0.2, 0.25) is 5.91 Å². The van der Waals surface area contributed by atoms with Crippen LogP contribution >= 0.6 is 11.8 Å². The monoisotopic (exact) mass is 621 g/mol. The van der Waals surface area contributed by atoms with Crippen molar-refractivity contribution in [2.75, 3.05) is 17.7 Å². The van der Waals surface area contributed by atoms with Gasteiger partial charge in [-0.1, -0.05) is 74.5 Å². The molecule has 3 N–H and O–H groups in total. The van der Waals surface area contributed by atoms with Crippen LogP contribution in [0.25, 0.3) is 6.08 Å². The summed E-state index contributed by atoms with van der Waals surface area (Å²) in [6, 6.07) is 30.2. The van der Waals surface area contributed by atoms with E-state index in [-0.39, 0.29) is 17.2 Å². The lowest BCUT2D eigenvalue weighted by Crippen LogP contribution is -2.30. The molecule has 0 saturated carbocycles. The summed E-state index contributed by atoms with van der Waals surface area (Å²) in [5.41, 5.74) is 3.53. The van der Waals surface area contributed by atoms with E-state index >= 15 is 0 Å². The summed E-state index contributed by atoms with van der Waals surface area (Å²) in [5, 5.41) is 7.89. The maximum absolute atomic E-state index is 13.5. The van der Waals surface area contributed by atoms with E-state index in [1.165, 1.54) is 18.9 Å². The summed E-state index contributed by atoms with van der Waals surface area (Å²) in [7, 11) is 1.28. The van der Waals surface area contributed by atoms with Gasteiger partial charge in [-0.2, -0.15) is 0 Å². The Balaban J connectivity index is 1.49. The second kappa shape index (κ2) is 15.5. The summed E-state index contributed by atoms with van der Waals surface area (Å²) < 4.78 is 4.81. The first-order valence-corrected chi connectivity index (χ1v) is 15.3. The van der Waals surface area contributed by atoms with E-state index in [9.17, 15) is 19.2 Å². The van der Waals surface area contributed by atoms with Crippen molar-refractivity contribution >= 4 is 52.9 Å². The van der Waals surface area contributed by atoms with Crippen molar-refractivity contribution in [2.24, 2.45) is 0 Å². The summed E-state index contributed by atoms with van der Waals surface area (Å²) >= 11 is 1.29. The van der Waals surface area contributed by atoms with E-state index in [1.54, 1.807) is 79.7 Å². The molecule has 8 nitrogen and oxygen atoms in total. The molecule has 4 rings (SSSR count). The van der Waals surface area contributed by atoms with Crippen LogP contribution in [0.2, 0.25) is 0 Å². The Morgan fingerprint density at radius 1 is 0.778 bits per heavy atom. The average Bonchev–Trinajstić information content (AvgIpc) is 3.05. The van der Waals surface area contributed by atoms with Gasteiger partial charge >= 0.3 is 5.97 Å². The highest BCUT2D eigenvalue weighted by molar-refractivity contribution is 8.00. The molecule has 0 aromatic heterocycles. The molecule has 4 aromatic rings. The first-order valence-electron chi connectivity index (χ1n) is 14.4. The van der Waals surface area contributed by atoms with E-state index in [2.05, 4.69) is 29.8 Å². The van der Waals surface area contributed by atoms with E-state index < -0.39 is 23.0 Å². The number of methoxy groups -OCH3 is 1. The molecular weight excluding hydrogens is 586 g/mol. The molecule has 230 valence electrons. The molecule has 0 spiro atoms. The topological polar surface area (TPSA) is 114 Å². The number of nitrogens with one attached hydrogen (secondary N) is 3. The lowest BCUT2D eigenvalue weighted by atomic mass is 10.0. The van der Waals surface area contributed by atoms with Gasteiger partial charge in [-0.15, -0.1) is 11.8 Å². The lowest BCUT2D eigenvalue weighted by Gasteiger charge is -2.15. The van der Waals surface area contributed by atoms with E-state index in [0.29, 0.717) is 22.9 Å². The number of esters is 1. The second-order valence-corrected chi connectivity index (χ2v) is 11.9. The molecule has 0 bridgehead atoms. The molecule has 9 heteroatoms. The largest absolute Gasteiger partial charge is 0.465 e. The minimum Gasteiger partial charge on any atom is -0.465 e. The first-order chi connectivity index (χ1) is 21.6. The number of carbonyl (C=O) groups is 4. The summed E-state index contributed by atoms with van der Waals surface area (Å²) in [4.78, 5) is 52.3. The number of benzene rings is 4. The third-order valence-electron chi connectivity index (χ3n) is 6.81. The number of amides is 3. The van der Waals surface area contributed by atoms with E-state index in [0.717, 1.165) is 16.0 Å². The fourth-order valence-corrected chi connectivity index (χ4v) is 5.23. The minimum atomic E-state index is -0.546. The molecule has 0 heterocycles. The quantitative estimate of drug-likeness (QED) is 0.0933. The van der Waals surface area contributed by atoms with Crippen molar-refractivity contribution in [3.63, 3.8) is 0 Å². The number of hydrogen-bond acceptors (Lipinski definition) is 6. The Labute approximate surface area is 267 Å². The van der Waals surface area contributed by atoms with Crippen molar-refractivity contribution < 1.29 is 23.9 Å². The van der Waals surface area contributed by atoms with Crippen molar-refractivity contribution in [1.82, 2.24) is 5.32 Å². The number of thioether (sulfide) groups is 1. The predicted molar refractivity (Wildman–Crippen MR) is 179 cm³/mol. The molecule has 0 aliphatic heterocycles. The average molecular weight is 622 g/mol. The number of carbonyl (C=O) groups excluding carboxylic acids is 4. The standard InChI is InChI=1S/C36H35N3O5S/c1-23(2)26-19-17-25(18-20-26)21-32(39-34(41)27-11-6-5-7-12-27)35(42)37-28-13-10-14-29(22-28)45-24(3)33(40)38-31-16-9-8-15-30(31)36(43)44-4/h5-24H,1-4H3,(H,37,42)(H,38,40)(H,39,41)/b32-21+. The molecule has 4 aromatic carbocycles. The van der Waals surface area contributed by atoms with E-state index in [1.807, 2.05) is 36.4 Å². The zero-order valence-corrected chi connectivity index (χ0v) is 26.3.